The quantitative estimate of drug-likeness (QED) is 0.570. The minimum absolute atomic E-state index is 0.0672. The average molecular weight is 414 g/mol. The molecule has 1 N–H and O–H groups in total. The molecule has 9 heteroatoms. The van der Waals surface area contributed by atoms with Gasteiger partial charge in [-0.3, -0.25) is 19.1 Å². The van der Waals surface area contributed by atoms with E-state index in [9.17, 15) is 14.4 Å². The first-order valence-electron chi connectivity index (χ1n) is 9.06. The molecule has 0 unspecified atom stereocenters. The maximum absolute atomic E-state index is 12.3. The van der Waals surface area contributed by atoms with Crippen LogP contribution in [0.3, 0.4) is 0 Å². The summed E-state index contributed by atoms with van der Waals surface area (Å²) in [5, 5.41) is 7.54. The summed E-state index contributed by atoms with van der Waals surface area (Å²) in [5.41, 5.74) is 0.817. The number of hydrogen-bond acceptors (Lipinski definition) is 5. The number of halogens is 1. The molecule has 1 amide bonds. The van der Waals surface area contributed by atoms with Crippen LogP contribution in [0.4, 0.5) is 0 Å². The molecule has 8 nitrogen and oxygen atoms in total. The summed E-state index contributed by atoms with van der Waals surface area (Å²) in [5.74, 6) is 0.0643. The van der Waals surface area contributed by atoms with Crippen LogP contribution in [0.1, 0.15) is 23.2 Å². The number of nitrogens with zero attached hydrogens (tertiary/aromatic N) is 4. The topological polar surface area (TPSA) is 98.9 Å². The van der Waals surface area contributed by atoms with Gasteiger partial charge in [-0.05, 0) is 36.4 Å². The molecule has 150 valence electrons. The Hall–Kier alpha value is -3.26. The Morgan fingerprint density at radius 3 is 2.55 bits per heavy atom. The van der Waals surface area contributed by atoms with Crippen LogP contribution in [0.15, 0.2) is 53.5 Å². The van der Waals surface area contributed by atoms with Crippen molar-refractivity contribution in [1.82, 2.24) is 24.6 Å². The van der Waals surface area contributed by atoms with Gasteiger partial charge in [-0.2, -0.15) is 0 Å². The molecule has 0 atom stereocenters. The predicted molar refractivity (Wildman–Crippen MR) is 109 cm³/mol. The van der Waals surface area contributed by atoms with E-state index >= 15 is 0 Å². The molecule has 1 aromatic carbocycles. The first kappa shape index (κ1) is 20.5. The predicted octanol–water partition coefficient (Wildman–Crippen LogP) is 2.08. The van der Waals surface area contributed by atoms with Crippen molar-refractivity contribution in [3.8, 4) is 11.5 Å². The molecule has 0 spiro atoms. The van der Waals surface area contributed by atoms with Crippen LogP contribution in [0.2, 0.25) is 5.02 Å². The van der Waals surface area contributed by atoms with Crippen molar-refractivity contribution in [2.75, 3.05) is 6.54 Å². The van der Waals surface area contributed by atoms with Gasteiger partial charge in [0.1, 0.15) is 5.69 Å². The third-order valence-corrected chi connectivity index (χ3v) is 4.58. The van der Waals surface area contributed by atoms with Crippen LogP contribution >= 0.6 is 11.6 Å². The Morgan fingerprint density at radius 2 is 1.86 bits per heavy atom. The summed E-state index contributed by atoms with van der Waals surface area (Å²) in [6, 6.07) is 11.9. The van der Waals surface area contributed by atoms with E-state index < -0.39 is 0 Å². The van der Waals surface area contributed by atoms with Gasteiger partial charge >= 0.3 is 5.69 Å². The lowest BCUT2D eigenvalue weighted by Gasteiger charge is -2.05. The molecule has 0 fully saturated rings. The van der Waals surface area contributed by atoms with Crippen molar-refractivity contribution in [3.63, 3.8) is 0 Å². The molecule has 3 aromatic rings. The maximum atomic E-state index is 12.3. The minimum Gasteiger partial charge on any atom is -0.354 e. The molecule has 0 aliphatic heterocycles. The SMILES string of the molecule is Cn1c(-c2ccccn2)nn(CCNC(=O)CCC(=O)c2ccc(Cl)cc2)c1=O. The van der Waals surface area contributed by atoms with Crippen molar-refractivity contribution in [2.45, 2.75) is 19.4 Å². The molecule has 29 heavy (non-hydrogen) atoms. The monoisotopic (exact) mass is 413 g/mol. The van der Waals surface area contributed by atoms with Crippen molar-refractivity contribution in [1.29, 1.82) is 0 Å². The Balaban J connectivity index is 1.50. The molecule has 0 aliphatic rings. The summed E-state index contributed by atoms with van der Waals surface area (Å²) in [6.07, 6.45) is 1.79. The molecular formula is C20H20ClN5O3. The highest BCUT2D eigenvalue weighted by atomic mass is 35.5. The summed E-state index contributed by atoms with van der Waals surface area (Å²) in [6.45, 7) is 0.447. The Kier molecular flexibility index (Phi) is 6.56. The molecule has 0 aliphatic carbocycles. The fraction of sp³-hybridized carbons (Fsp3) is 0.250. The Labute approximate surface area is 172 Å². The molecule has 2 aromatic heterocycles. The van der Waals surface area contributed by atoms with Gasteiger partial charge in [0.25, 0.3) is 0 Å². The summed E-state index contributed by atoms with van der Waals surface area (Å²) in [4.78, 5) is 40.6. The zero-order chi connectivity index (χ0) is 20.8. The number of nitrogens with one attached hydrogen (secondary N) is 1. The van der Waals surface area contributed by atoms with Crippen molar-refractivity contribution >= 4 is 23.3 Å². The van der Waals surface area contributed by atoms with Gasteiger partial charge in [-0.15, -0.1) is 5.10 Å². The zero-order valence-electron chi connectivity index (χ0n) is 15.8. The molecular weight excluding hydrogens is 394 g/mol. The molecule has 0 bridgehead atoms. The van der Waals surface area contributed by atoms with E-state index in [1.807, 2.05) is 6.07 Å². The fourth-order valence-electron chi connectivity index (χ4n) is 2.75. The Morgan fingerprint density at radius 1 is 1.10 bits per heavy atom. The molecule has 0 saturated carbocycles. The number of carbonyl (C=O) groups excluding carboxylic acids is 2. The van der Waals surface area contributed by atoms with Crippen LogP contribution in [0.25, 0.3) is 11.5 Å². The van der Waals surface area contributed by atoms with Gasteiger partial charge in [0.05, 0.1) is 6.54 Å². The lowest BCUT2D eigenvalue weighted by molar-refractivity contribution is -0.121. The van der Waals surface area contributed by atoms with Crippen LogP contribution in [0.5, 0.6) is 0 Å². The second kappa shape index (κ2) is 9.29. The first-order valence-corrected chi connectivity index (χ1v) is 9.44. The average Bonchev–Trinajstić information content (AvgIpc) is 3.02. The van der Waals surface area contributed by atoms with E-state index in [-0.39, 0.29) is 43.3 Å². The summed E-state index contributed by atoms with van der Waals surface area (Å²) >= 11 is 5.80. The van der Waals surface area contributed by atoms with E-state index in [2.05, 4.69) is 15.4 Å². The maximum Gasteiger partial charge on any atom is 0.346 e. The van der Waals surface area contributed by atoms with Gasteiger partial charge in [-0.1, -0.05) is 17.7 Å². The lowest BCUT2D eigenvalue weighted by Crippen LogP contribution is -2.31. The number of benzene rings is 1. The van der Waals surface area contributed by atoms with Crippen LogP contribution in [-0.2, 0) is 18.4 Å². The van der Waals surface area contributed by atoms with Crippen molar-refractivity contribution in [2.24, 2.45) is 7.05 Å². The summed E-state index contributed by atoms with van der Waals surface area (Å²) in [7, 11) is 1.62. The highest BCUT2D eigenvalue weighted by Gasteiger charge is 2.13. The normalized spacial score (nSPS) is 10.7. The Bertz CT molecular complexity index is 1060. The number of ketones is 1. The highest BCUT2D eigenvalue weighted by molar-refractivity contribution is 6.30. The zero-order valence-corrected chi connectivity index (χ0v) is 16.6. The van der Waals surface area contributed by atoms with Gasteiger partial charge in [0.15, 0.2) is 11.6 Å². The van der Waals surface area contributed by atoms with Crippen LogP contribution in [-0.4, -0.2) is 37.6 Å². The van der Waals surface area contributed by atoms with Gasteiger partial charge < -0.3 is 5.32 Å². The second-order valence-electron chi connectivity index (χ2n) is 6.38. The number of Topliss-reactive ketones (excluding diaryl/α,β-unsaturated/α-hetero) is 1. The van der Waals surface area contributed by atoms with Crippen molar-refractivity contribution < 1.29 is 9.59 Å². The summed E-state index contributed by atoms with van der Waals surface area (Å²) < 4.78 is 2.69. The van der Waals surface area contributed by atoms with Crippen molar-refractivity contribution in [3.05, 3.63) is 69.7 Å². The molecule has 2 heterocycles. The van der Waals surface area contributed by atoms with Gasteiger partial charge in [0.2, 0.25) is 5.91 Å². The highest BCUT2D eigenvalue weighted by Crippen LogP contribution is 2.12. The standard InChI is InChI=1S/C20H20ClN5O3/c1-25-19(16-4-2-3-11-22-16)24-26(20(25)29)13-12-23-18(28)10-9-17(27)14-5-7-15(21)8-6-14/h2-8,11H,9-10,12-13H2,1H3,(H,23,28). The van der Waals surface area contributed by atoms with Gasteiger partial charge in [-0.25, -0.2) is 9.48 Å². The number of amides is 1. The van der Waals surface area contributed by atoms with Gasteiger partial charge in [0, 0.05) is 43.2 Å². The lowest BCUT2D eigenvalue weighted by atomic mass is 10.1. The first-order chi connectivity index (χ1) is 14.0. The third-order valence-electron chi connectivity index (χ3n) is 4.33. The van der Waals surface area contributed by atoms with E-state index in [1.54, 1.807) is 49.6 Å². The molecule has 3 rings (SSSR count). The number of hydrogen-bond donors (Lipinski definition) is 1. The van der Waals surface area contributed by atoms with Crippen LogP contribution < -0.4 is 11.0 Å². The van der Waals surface area contributed by atoms with E-state index in [4.69, 9.17) is 11.6 Å². The van der Waals surface area contributed by atoms with Crippen LogP contribution in [0, 0.1) is 0 Å². The third kappa shape index (κ3) is 5.17. The number of aromatic nitrogens is 4. The number of carbonyl (C=O) groups is 2. The largest absolute Gasteiger partial charge is 0.354 e. The smallest absolute Gasteiger partial charge is 0.346 e. The number of rotatable bonds is 8. The van der Waals surface area contributed by atoms with E-state index in [0.717, 1.165) is 0 Å². The minimum atomic E-state index is -0.294. The van der Waals surface area contributed by atoms with E-state index in [1.165, 1.54) is 9.25 Å². The fourth-order valence-corrected chi connectivity index (χ4v) is 2.87. The van der Waals surface area contributed by atoms with E-state index in [0.29, 0.717) is 22.1 Å². The molecule has 0 radical (unpaired) electrons. The second-order valence-corrected chi connectivity index (χ2v) is 6.82. The number of pyridine rings is 1. The molecule has 0 saturated heterocycles.